The van der Waals surface area contributed by atoms with Crippen LogP contribution in [0.15, 0.2) is 24.3 Å². The van der Waals surface area contributed by atoms with E-state index in [1.807, 2.05) is 25.1 Å². The van der Waals surface area contributed by atoms with Crippen LogP contribution in [0.25, 0.3) is 0 Å². The van der Waals surface area contributed by atoms with Gasteiger partial charge in [0, 0.05) is 19.7 Å². The minimum atomic E-state index is -3.53. The van der Waals surface area contributed by atoms with Gasteiger partial charge in [-0.15, -0.1) is 0 Å². The molecule has 1 aromatic carbocycles. The van der Waals surface area contributed by atoms with Crippen LogP contribution in [0.1, 0.15) is 25.3 Å². The monoisotopic (exact) mass is 298 g/mol. The predicted octanol–water partition coefficient (Wildman–Crippen LogP) is 1.61. The fraction of sp³-hybridized carbons (Fsp3) is 0.571. The molecule has 0 aromatic heterocycles. The van der Waals surface area contributed by atoms with Crippen molar-refractivity contribution in [2.45, 2.75) is 26.2 Å². The lowest BCUT2D eigenvalue weighted by molar-refractivity contribution is 0.166. The highest BCUT2D eigenvalue weighted by Gasteiger charge is 2.28. The van der Waals surface area contributed by atoms with Crippen LogP contribution in [0, 0.1) is 5.92 Å². The van der Waals surface area contributed by atoms with Crippen molar-refractivity contribution in [1.29, 1.82) is 0 Å². The largest absolute Gasteiger partial charge is 0.396 e. The van der Waals surface area contributed by atoms with Crippen LogP contribution in [0.2, 0.25) is 0 Å². The Hall–Kier alpha value is -1.11. The number of aryl methyl sites for hydroxylation is 1. The van der Waals surface area contributed by atoms with E-state index in [4.69, 9.17) is 0 Å². The highest BCUT2D eigenvalue weighted by Crippen LogP contribution is 2.21. The van der Waals surface area contributed by atoms with Crippen molar-refractivity contribution in [3.05, 3.63) is 29.8 Å². The Labute approximate surface area is 120 Å². The van der Waals surface area contributed by atoms with E-state index in [-0.39, 0.29) is 12.5 Å². The second-order valence-electron chi connectivity index (χ2n) is 5.21. The number of aliphatic hydroxyl groups is 1. The zero-order chi connectivity index (χ0) is 14.6. The molecule has 1 unspecified atom stereocenters. The van der Waals surface area contributed by atoms with Gasteiger partial charge in [0.15, 0.2) is 0 Å². The van der Waals surface area contributed by atoms with Crippen molar-refractivity contribution in [3.8, 4) is 0 Å². The molecule has 5 nitrogen and oxygen atoms in total. The first-order valence-electron chi connectivity index (χ1n) is 7.03. The van der Waals surface area contributed by atoms with Crippen molar-refractivity contribution in [1.82, 2.24) is 4.31 Å². The molecule has 2 N–H and O–H groups in total. The van der Waals surface area contributed by atoms with Crippen molar-refractivity contribution in [2.75, 3.05) is 24.4 Å². The lowest BCUT2D eigenvalue weighted by Gasteiger charge is -2.31. The van der Waals surface area contributed by atoms with Gasteiger partial charge >= 0.3 is 10.2 Å². The molecule has 1 atom stereocenters. The summed E-state index contributed by atoms with van der Waals surface area (Å²) in [5.41, 5.74) is 1.69. The fourth-order valence-corrected chi connectivity index (χ4v) is 3.79. The van der Waals surface area contributed by atoms with Crippen LogP contribution < -0.4 is 4.72 Å². The average Bonchev–Trinajstić information content (AvgIpc) is 2.47. The maximum absolute atomic E-state index is 12.3. The van der Waals surface area contributed by atoms with Crippen LogP contribution in [-0.2, 0) is 16.6 Å². The molecule has 0 spiro atoms. The molecule has 112 valence electrons. The molecule has 6 heteroatoms. The van der Waals surface area contributed by atoms with E-state index in [1.54, 1.807) is 6.07 Å². The third kappa shape index (κ3) is 3.71. The highest BCUT2D eigenvalue weighted by molar-refractivity contribution is 7.90. The summed E-state index contributed by atoms with van der Waals surface area (Å²) in [7, 11) is -3.53. The summed E-state index contributed by atoms with van der Waals surface area (Å²) in [6.45, 7) is 2.97. The molecule has 1 aromatic rings. The van der Waals surface area contributed by atoms with Crippen LogP contribution in [0.3, 0.4) is 0 Å². The van der Waals surface area contributed by atoms with Crippen molar-refractivity contribution < 1.29 is 13.5 Å². The summed E-state index contributed by atoms with van der Waals surface area (Å²) in [6.07, 6.45) is 2.54. The van der Waals surface area contributed by atoms with E-state index < -0.39 is 10.2 Å². The molecule has 0 aliphatic carbocycles. The number of rotatable bonds is 5. The Kier molecular flexibility index (Phi) is 5.01. The molecule has 0 bridgehead atoms. The van der Waals surface area contributed by atoms with E-state index in [0.29, 0.717) is 18.8 Å². The van der Waals surface area contributed by atoms with Crippen LogP contribution in [0.5, 0.6) is 0 Å². The summed E-state index contributed by atoms with van der Waals surface area (Å²) in [5.74, 6) is 0.0438. The minimum absolute atomic E-state index is 0.0390. The van der Waals surface area contributed by atoms with Gasteiger partial charge < -0.3 is 5.11 Å². The summed E-state index contributed by atoms with van der Waals surface area (Å²) >= 11 is 0. The maximum atomic E-state index is 12.3. The summed E-state index contributed by atoms with van der Waals surface area (Å²) in [4.78, 5) is 0. The molecular formula is C14H22N2O3S. The second-order valence-corrected chi connectivity index (χ2v) is 6.88. The summed E-state index contributed by atoms with van der Waals surface area (Å²) in [5, 5.41) is 9.19. The Morgan fingerprint density at radius 3 is 2.95 bits per heavy atom. The highest BCUT2D eigenvalue weighted by atomic mass is 32.2. The molecule has 2 rings (SSSR count). The van der Waals surface area contributed by atoms with E-state index >= 15 is 0 Å². The van der Waals surface area contributed by atoms with E-state index in [0.717, 1.165) is 24.8 Å². The lowest BCUT2D eigenvalue weighted by Crippen LogP contribution is -2.43. The number of hydrogen-bond acceptors (Lipinski definition) is 3. The normalized spacial score (nSPS) is 20.8. The minimum Gasteiger partial charge on any atom is -0.396 e. The summed E-state index contributed by atoms with van der Waals surface area (Å²) in [6, 6.07) is 7.43. The van der Waals surface area contributed by atoms with Crippen molar-refractivity contribution in [2.24, 2.45) is 5.92 Å². The van der Waals surface area contributed by atoms with Crippen LogP contribution >= 0.6 is 0 Å². The topological polar surface area (TPSA) is 69.6 Å². The van der Waals surface area contributed by atoms with Crippen LogP contribution in [-0.4, -0.2) is 37.5 Å². The first kappa shape index (κ1) is 15.3. The van der Waals surface area contributed by atoms with Gasteiger partial charge in [-0.2, -0.15) is 12.7 Å². The van der Waals surface area contributed by atoms with Gasteiger partial charge in [-0.05, 0) is 42.9 Å². The molecule has 1 aliphatic heterocycles. The average molecular weight is 298 g/mol. The molecular weight excluding hydrogens is 276 g/mol. The number of nitrogens with zero attached hydrogens (tertiary/aromatic N) is 1. The van der Waals surface area contributed by atoms with Gasteiger partial charge in [0.25, 0.3) is 0 Å². The third-order valence-electron chi connectivity index (χ3n) is 3.66. The fourth-order valence-electron chi connectivity index (χ4n) is 2.46. The molecule has 0 amide bonds. The Morgan fingerprint density at radius 2 is 2.25 bits per heavy atom. The standard InChI is InChI=1S/C14H22N2O3S/c1-2-12-5-3-7-14(9-12)15-20(18,19)16-8-4-6-13(10-16)11-17/h3,5,7,9,13,15,17H,2,4,6,8,10-11H2,1H3. The Morgan fingerprint density at radius 1 is 1.45 bits per heavy atom. The summed E-state index contributed by atoms with van der Waals surface area (Å²) < 4.78 is 28.7. The quantitative estimate of drug-likeness (QED) is 0.867. The van der Waals surface area contributed by atoms with Crippen molar-refractivity contribution >= 4 is 15.9 Å². The lowest BCUT2D eigenvalue weighted by atomic mass is 10.0. The number of hydrogen-bond donors (Lipinski definition) is 2. The maximum Gasteiger partial charge on any atom is 0.301 e. The third-order valence-corrected chi connectivity index (χ3v) is 5.17. The van der Waals surface area contributed by atoms with Gasteiger partial charge in [0.1, 0.15) is 0 Å². The molecule has 1 saturated heterocycles. The van der Waals surface area contributed by atoms with Gasteiger partial charge in [0.2, 0.25) is 0 Å². The van der Waals surface area contributed by atoms with Gasteiger partial charge in [-0.1, -0.05) is 19.1 Å². The Balaban J connectivity index is 2.10. The van der Waals surface area contributed by atoms with E-state index in [2.05, 4.69) is 4.72 Å². The van der Waals surface area contributed by atoms with E-state index in [9.17, 15) is 13.5 Å². The van der Waals surface area contributed by atoms with E-state index in [1.165, 1.54) is 4.31 Å². The Bertz CT molecular complexity index is 545. The predicted molar refractivity (Wildman–Crippen MR) is 79.7 cm³/mol. The van der Waals surface area contributed by atoms with Gasteiger partial charge in [-0.3, -0.25) is 4.72 Å². The smallest absolute Gasteiger partial charge is 0.301 e. The zero-order valence-electron chi connectivity index (χ0n) is 11.7. The number of nitrogens with one attached hydrogen (secondary N) is 1. The number of anilines is 1. The zero-order valence-corrected chi connectivity index (χ0v) is 12.6. The molecule has 0 saturated carbocycles. The number of benzene rings is 1. The molecule has 1 fully saturated rings. The molecule has 1 aliphatic rings. The first-order chi connectivity index (χ1) is 9.55. The SMILES string of the molecule is CCc1cccc(NS(=O)(=O)N2CCCC(CO)C2)c1. The molecule has 1 heterocycles. The van der Waals surface area contributed by atoms with Crippen molar-refractivity contribution in [3.63, 3.8) is 0 Å². The van der Waals surface area contributed by atoms with Gasteiger partial charge in [-0.25, -0.2) is 0 Å². The number of aliphatic hydroxyl groups excluding tert-OH is 1. The number of piperidine rings is 1. The van der Waals surface area contributed by atoms with Gasteiger partial charge in [0.05, 0.1) is 5.69 Å². The second kappa shape index (κ2) is 6.56. The molecule has 20 heavy (non-hydrogen) atoms. The first-order valence-corrected chi connectivity index (χ1v) is 8.47. The van der Waals surface area contributed by atoms with Crippen LogP contribution in [0.4, 0.5) is 5.69 Å². The molecule has 0 radical (unpaired) electrons.